The molecule has 1 fully saturated rings. The van der Waals surface area contributed by atoms with Crippen LogP contribution in [0.3, 0.4) is 0 Å². The third-order valence-electron chi connectivity index (χ3n) is 2.55. The van der Waals surface area contributed by atoms with Crippen LogP contribution in [-0.2, 0) is 0 Å². The SMILES string of the molecule is O=C(c1cc(Cl)ncc1Cl)N1CC(CO)C1. The van der Waals surface area contributed by atoms with Crippen molar-refractivity contribution in [2.45, 2.75) is 0 Å². The minimum Gasteiger partial charge on any atom is -0.396 e. The Labute approximate surface area is 103 Å². The quantitative estimate of drug-likeness (QED) is 0.820. The lowest BCUT2D eigenvalue weighted by atomic mass is 10.0. The van der Waals surface area contributed by atoms with Gasteiger partial charge in [0.05, 0.1) is 10.6 Å². The Hall–Kier alpha value is -0.840. The maximum absolute atomic E-state index is 11.9. The van der Waals surface area contributed by atoms with E-state index in [2.05, 4.69) is 4.98 Å². The number of hydrogen-bond acceptors (Lipinski definition) is 3. The summed E-state index contributed by atoms with van der Waals surface area (Å²) in [5.74, 6) is 0.0130. The number of carbonyl (C=O) groups excluding carboxylic acids is 1. The molecule has 1 saturated heterocycles. The molecule has 0 spiro atoms. The lowest BCUT2D eigenvalue weighted by Gasteiger charge is -2.38. The molecule has 1 aromatic heterocycles. The Balaban J connectivity index is 2.13. The second kappa shape index (κ2) is 4.57. The first-order valence-corrected chi connectivity index (χ1v) is 5.58. The van der Waals surface area contributed by atoms with E-state index in [1.807, 2.05) is 0 Å². The van der Waals surface area contributed by atoms with Gasteiger partial charge in [-0.25, -0.2) is 4.98 Å². The first-order valence-electron chi connectivity index (χ1n) is 4.83. The van der Waals surface area contributed by atoms with Crippen LogP contribution in [0.1, 0.15) is 10.4 Å². The zero-order chi connectivity index (χ0) is 11.7. The number of pyridine rings is 1. The van der Waals surface area contributed by atoms with Gasteiger partial charge < -0.3 is 10.0 Å². The first kappa shape index (κ1) is 11.6. The average Bonchev–Trinajstić information content (AvgIpc) is 2.20. The summed E-state index contributed by atoms with van der Waals surface area (Å²) in [6, 6.07) is 1.46. The van der Waals surface area contributed by atoms with Gasteiger partial charge in [0.15, 0.2) is 0 Å². The normalized spacial score (nSPS) is 16.1. The molecule has 1 aromatic rings. The minimum atomic E-state index is -0.168. The molecule has 0 bridgehead atoms. The minimum absolute atomic E-state index is 0.106. The third kappa shape index (κ3) is 2.14. The number of aliphatic hydroxyl groups excluding tert-OH is 1. The van der Waals surface area contributed by atoms with Crippen molar-refractivity contribution in [3.05, 3.63) is 28.0 Å². The summed E-state index contributed by atoms with van der Waals surface area (Å²) in [7, 11) is 0. The number of carbonyl (C=O) groups is 1. The molecule has 0 atom stereocenters. The molecule has 1 aliphatic rings. The van der Waals surface area contributed by atoms with Gasteiger partial charge >= 0.3 is 0 Å². The lowest BCUT2D eigenvalue weighted by molar-refractivity contribution is 0.0362. The van der Waals surface area contributed by atoms with E-state index < -0.39 is 0 Å². The molecular weight excluding hydrogens is 251 g/mol. The monoisotopic (exact) mass is 260 g/mol. The predicted molar refractivity (Wildman–Crippen MR) is 60.7 cm³/mol. The lowest BCUT2D eigenvalue weighted by Crippen LogP contribution is -2.51. The van der Waals surface area contributed by atoms with Crippen molar-refractivity contribution in [1.82, 2.24) is 9.88 Å². The maximum Gasteiger partial charge on any atom is 0.255 e. The van der Waals surface area contributed by atoms with Crippen LogP contribution in [0.5, 0.6) is 0 Å². The van der Waals surface area contributed by atoms with E-state index in [0.717, 1.165) is 0 Å². The number of hydrogen-bond donors (Lipinski definition) is 1. The highest BCUT2D eigenvalue weighted by molar-refractivity contribution is 6.35. The topological polar surface area (TPSA) is 53.4 Å². The molecule has 2 rings (SSSR count). The van der Waals surface area contributed by atoms with Crippen LogP contribution in [0, 0.1) is 5.92 Å². The van der Waals surface area contributed by atoms with Crippen LogP contribution in [-0.4, -0.2) is 40.6 Å². The Morgan fingerprint density at radius 1 is 1.56 bits per heavy atom. The Morgan fingerprint density at radius 3 is 2.88 bits per heavy atom. The number of amides is 1. The maximum atomic E-state index is 11.9. The molecule has 1 amide bonds. The van der Waals surface area contributed by atoms with Gasteiger partial charge in [-0.15, -0.1) is 0 Å². The highest BCUT2D eigenvalue weighted by Crippen LogP contribution is 2.23. The molecule has 86 valence electrons. The fourth-order valence-electron chi connectivity index (χ4n) is 1.60. The van der Waals surface area contributed by atoms with Crippen molar-refractivity contribution in [1.29, 1.82) is 0 Å². The molecule has 1 aliphatic heterocycles. The van der Waals surface area contributed by atoms with E-state index in [4.69, 9.17) is 28.3 Å². The standard InChI is InChI=1S/C10H10Cl2N2O2/c11-8-2-13-9(12)1-7(8)10(16)14-3-6(4-14)5-15/h1-2,6,15H,3-5H2. The van der Waals surface area contributed by atoms with Crippen molar-refractivity contribution >= 4 is 29.1 Å². The summed E-state index contributed by atoms with van der Waals surface area (Å²) in [6.07, 6.45) is 1.36. The van der Waals surface area contributed by atoms with Gasteiger partial charge in [-0.1, -0.05) is 23.2 Å². The number of halogens is 2. The zero-order valence-electron chi connectivity index (χ0n) is 8.36. The summed E-state index contributed by atoms with van der Waals surface area (Å²) in [6.45, 7) is 1.23. The van der Waals surface area contributed by atoms with Crippen molar-refractivity contribution in [2.24, 2.45) is 5.92 Å². The van der Waals surface area contributed by atoms with E-state index in [0.29, 0.717) is 23.7 Å². The summed E-state index contributed by atoms with van der Waals surface area (Å²) < 4.78 is 0. The van der Waals surface area contributed by atoms with Crippen LogP contribution in [0.15, 0.2) is 12.3 Å². The first-order chi connectivity index (χ1) is 7.61. The molecule has 1 N–H and O–H groups in total. The summed E-state index contributed by atoms with van der Waals surface area (Å²) in [5.41, 5.74) is 0.359. The van der Waals surface area contributed by atoms with E-state index in [-0.39, 0.29) is 23.6 Å². The molecule has 0 aliphatic carbocycles. The zero-order valence-corrected chi connectivity index (χ0v) is 9.87. The fraction of sp³-hybridized carbons (Fsp3) is 0.400. The Morgan fingerprint density at radius 2 is 2.25 bits per heavy atom. The molecule has 0 unspecified atom stereocenters. The Kier molecular flexibility index (Phi) is 3.33. The number of aromatic nitrogens is 1. The fourth-order valence-corrected chi connectivity index (χ4v) is 1.94. The number of likely N-dealkylation sites (tertiary alicyclic amines) is 1. The van der Waals surface area contributed by atoms with Crippen LogP contribution in [0.2, 0.25) is 10.2 Å². The van der Waals surface area contributed by atoms with Crippen LogP contribution in [0.4, 0.5) is 0 Å². The van der Waals surface area contributed by atoms with Crippen molar-refractivity contribution in [2.75, 3.05) is 19.7 Å². The molecule has 2 heterocycles. The number of aliphatic hydroxyl groups is 1. The number of rotatable bonds is 2. The summed E-state index contributed by atoms with van der Waals surface area (Å²) >= 11 is 11.6. The smallest absolute Gasteiger partial charge is 0.255 e. The van der Waals surface area contributed by atoms with Gasteiger partial charge in [-0.2, -0.15) is 0 Å². The van der Waals surface area contributed by atoms with E-state index >= 15 is 0 Å². The second-order valence-electron chi connectivity index (χ2n) is 3.75. The van der Waals surface area contributed by atoms with E-state index in [1.54, 1.807) is 4.90 Å². The average molecular weight is 261 g/mol. The molecule has 0 aromatic carbocycles. The van der Waals surface area contributed by atoms with Gasteiger partial charge in [-0.05, 0) is 6.07 Å². The predicted octanol–water partition coefficient (Wildman–Crippen LogP) is 1.45. The van der Waals surface area contributed by atoms with Gasteiger partial charge in [0.2, 0.25) is 0 Å². The third-order valence-corrected chi connectivity index (χ3v) is 3.06. The highest BCUT2D eigenvalue weighted by atomic mass is 35.5. The highest BCUT2D eigenvalue weighted by Gasteiger charge is 2.31. The van der Waals surface area contributed by atoms with Gasteiger partial charge in [-0.3, -0.25) is 4.79 Å². The molecule has 4 nitrogen and oxygen atoms in total. The van der Waals surface area contributed by atoms with Crippen LogP contribution < -0.4 is 0 Å². The summed E-state index contributed by atoms with van der Waals surface area (Å²) in [5, 5.41) is 9.40. The van der Waals surface area contributed by atoms with Crippen molar-refractivity contribution < 1.29 is 9.90 Å². The van der Waals surface area contributed by atoms with Gasteiger partial charge in [0.25, 0.3) is 5.91 Å². The molecule has 16 heavy (non-hydrogen) atoms. The molecular formula is C10H10Cl2N2O2. The molecule has 6 heteroatoms. The number of nitrogens with zero attached hydrogens (tertiary/aromatic N) is 2. The van der Waals surface area contributed by atoms with Crippen LogP contribution >= 0.6 is 23.2 Å². The largest absolute Gasteiger partial charge is 0.396 e. The van der Waals surface area contributed by atoms with Gasteiger partial charge in [0, 0.05) is 31.8 Å². The van der Waals surface area contributed by atoms with Crippen molar-refractivity contribution in [3.63, 3.8) is 0 Å². The summed E-state index contributed by atoms with van der Waals surface area (Å²) in [4.78, 5) is 17.3. The van der Waals surface area contributed by atoms with E-state index in [1.165, 1.54) is 12.3 Å². The van der Waals surface area contributed by atoms with Gasteiger partial charge in [0.1, 0.15) is 5.15 Å². The Bertz CT molecular complexity index is 419. The molecule has 0 saturated carbocycles. The molecule has 0 radical (unpaired) electrons. The second-order valence-corrected chi connectivity index (χ2v) is 4.54. The van der Waals surface area contributed by atoms with Crippen molar-refractivity contribution in [3.8, 4) is 0 Å². The van der Waals surface area contributed by atoms with E-state index in [9.17, 15) is 4.79 Å². The van der Waals surface area contributed by atoms with Crippen LogP contribution in [0.25, 0.3) is 0 Å².